The molecule has 22 heavy (non-hydrogen) atoms. The van der Waals surface area contributed by atoms with Crippen molar-refractivity contribution in [1.82, 2.24) is 19.8 Å². The summed E-state index contributed by atoms with van der Waals surface area (Å²) < 4.78 is 5.95. The standard InChI is InChI=1S/C17H26N4O/c1-20(2)11-12-22-14-7-9-21(10-8-14)13-17-18-15-5-3-4-6-16(15)19-17/h3-6,14H,7-13H2,1-2H3,(H,18,19). The second-order valence-electron chi connectivity index (χ2n) is 6.35. The minimum absolute atomic E-state index is 0.423. The first-order valence-electron chi connectivity index (χ1n) is 8.13. The summed E-state index contributed by atoms with van der Waals surface area (Å²) in [5.74, 6) is 1.06. The van der Waals surface area contributed by atoms with Crippen LogP contribution >= 0.6 is 0 Å². The fraction of sp³-hybridized carbons (Fsp3) is 0.588. The van der Waals surface area contributed by atoms with E-state index in [0.29, 0.717) is 6.10 Å². The van der Waals surface area contributed by atoms with Gasteiger partial charge < -0.3 is 14.6 Å². The number of likely N-dealkylation sites (tertiary alicyclic amines) is 1. The van der Waals surface area contributed by atoms with E-state index >= 15 is 0 Å². The Morgan fingerprint density at radius 2 is 2.05 bits per heavy atom. The molecule has 5 nitrogen and oxygen atoms in total. The number of hydrogen-bond donors (Lipinski definition) is 1. The predicted molar refractivity (Wildman–Crippen MR) is 88.9 cm³/mol. The normalized spacial score (nSPS) is 17.6. The second-order valence-corrected chi connectivity index (χ2v) is 6.35. The van der Waals surface area contributed by atoms with E-state index in [1.165, 1.54) is 0 Å². The number of rotatable bonds is 6. The maximum Gasteiger partial charge on any atom is 0.121 e. The number of nitrogens with one attached hydrogen (secondary N) is 1. The molecular weight excluding hydrogens is 276 g/mol. The predicted octanol–water partition coefficient (Wildman–Crippen LogP) is 2.11. The number of aromatic nitrogens is 2. The first-order valence-corrected chi connectivity index (χ1v) is 8.13. The molecule has 0 amide bonds. The molecule has 0 saturated carbocycles. The molecule has 1 aromatic carbocycles. The monoisotopic (exact) mass is 302 g/mol. The smallest absolute Gasteiger partial charge is 0.121 e. The van der Waals surface area contributed by atoms with Crippen molar-refractivity contribution in [1.29, 1.82) is 0 Å². The van der Waals surface area contributed by atoms with Crippen molar-refractivity contribution >= 4 is 11.0 Å². The van der Waals surface area contributed by atoms with Crippen LogP contribution in [0.15, 0.2) is 24.3 Å². The summed E-state index contributed by atoms with van der Waals surface area (Å²) in [4.78, 5) is 12.7. The molecule has 5 heteroatoms. The number of aromatic amines is 1. The lowest BCUT2D eigenvalue weighted by Gasteiger charge is -2.31. The van der Waals surface area contributed by atoms with Gasteiger partial charge in [0.05, 0.1) is 30.3 Å². The second kappa shape index (κ2) is 7.22. The molecule has 0 bridgehead atoms. The Kier molecular flexibility index (Phi) is 5.08. The number of likely N-dealkylation sites (N-methyl/N-ethyl adjacent to an activating group) is 1. The molecule has 1 aliphatic heterocycles. The Morgan fingerprint density at radius 3 is 2.77 bits per heavy atom. The summed E-state index contributed by atoms with van der Waals surface area (Å²) in [6.45, 7) is 4.91. The highest BCUT2D eigenvalue weighted by Gasteiger charge is 2.20. The zero-order valence-electron chi connectivity index (χ0n) is 13.6. The van der Waals surface area contributed by atoms with Crippen LogP contribution in [0.25, 0.3) is 11.0 Å². The lowest BCUT2D eigenvalue weighted by molar-refractivity contribution is 0.000395. The first-order chi connectivity index (χ1) is 10.7. The van der Waals surface area contributed by atoms with Crippen LogP contribution in [0.2, 0.25) is 0 Å². The van der Waals surface area contributed by atoms with Crippen LogP contribution in [0.3, 0.4) is 0 Å². The Morgan fingerprint density at radius 1 is 1.27 bits per heavy atom. The fourth-order valence-electron chi connectivity index (χ4n) is 2.93. The summed E-state index contributed by atoms with van der Waals surface area (Å²) in [7, 11) is 4.17. The molecule has 0 spiro atoms. The average molecular weight is 302 g/mol. The van der Waals surface area contributed by atoms with Crippen LogP contribution < -0.4 is 0 Å². The van der Waals surface area contributed by atoms with Crippen LogP contribution in [0, 0.1) is 0 Å². The number of benzene rings is 1. The Bertz CT molecular complexity index is 554. The number of H-pyrrole nitrogens is 1. The van der Waals surface area contributed by atoms with E-state index < -0.39 is 0 Å². The van der Waals surface area contributed by atoms with Crippen LogP contribution in [0.1, 0.15) is 18.7 Å². The van der Waals surface area contributed by atoms with Crippen molar-refractivity contribution in [3.63, 3.8) is 0 Å². The van der Waals surface area contributed by atoms with Crippen molar-refractivity contribution in [2.75, 3.05) is 40.3 Å². The molecule has 120 valence electrons. The van der Waals surface area contributed by atoms with E-state index in [1.54, 1.807) is 0 Å². The third-order valence-corrected chi connectivity index (χ3v) is 4.24. The average Bonchev–Trinajstić information content (AvgIpc) is 2.91. The molecule has 0 radical (unpaired) electrons. The van der Waals surface area contributed by atoms with Gasteiger partial charge in [0, 0.05) is 19.6 Å². The minimum Gasteiger partial charge on any atom is -0.377 e. The lowest BCUT2D eigenvalue weighted by Crippen LogP contribution is -2.37. The highest BCUT2D eigenvalue weighted by atomic mass is 16.5. The Hall–Kier alpha value is -1.43. The minimum atomic E-state index is 0.423. The quantitative estimate of drug-likeness (QED) is 0.887. The highest BCUT2D eigenvalue weighted by molar-refractivity contribution is 5.74. The third kappa shape index (κ3) is 4.06. The number of fused-ring (bicyclic) bond motifs is 1. The summed E-state index contributed by atoms with van der Waals surface area (Å²) in [5, 5.41) is 0. The van der Waals surface area contributed by atoms with Gasteiger partial charge in [0.2, 0.25) is 0 Å². The number of ether oxygens (including phenoxy) is 1. The number of imidazole rings is 1. The zero-order valence-corrected chi connectivity index (χ0v) is 13.6. The maximum absolute atomic E-state index is 5.95. The summed E-state index contributed by atoms with van der Waals surface area (Å²) in [6, 6.07) is 8.21. The van der Waals surface area contributed by atoms with Crippen molar-refractivity contribution < 1.29 is 4.74 Å². The van der Waals surface area contributed by atoms with E-state index in [4.69, 9.17) is 4.74 Å². The van der Waals surface area contributed by atoms with Crippen molar-refractivity contribution in [3.8, 4) is 0 Å². The topological polar surface area (TPSA) is 44.4 Å². The third-order valence-electron chi connectivity index (χ3n) is 4.24. The van der Waals surface area contributed by atoms with Crippen LogP contribution in [0.5, 0.6) is 0 Å². The number of hydrogen-bond acceptors (Lipinski definition) is 4. The van der Waals surface area contributed by atoms with Gasteiger partial charge in [0.25, 0.3) is 0 Å². The summed E-state index contributed by atoms with van der Waals surface area (Å²) >= 11 is 0. The van der Waals surface area contributed by atoms with Gasteiger partial charge in [-0.15, -0.1) is 0 Å². The van der Waals surface area contributed by atoms with E-state index in [-0.39, 0.29) is 0 Å². The van der Waals surface area contributed by atoms with Crippen LogP contribution in [-0.4, -0.2) is 66.2 Å². The highest BCUT2D eigenvalue weighted by Crippen LogP contribution is 2.17. The lowest BCUT2D eigenvalue weighted by atomic mass is 10.1. The summed E-state index contributed by atoms with van der Waals surface area (Å²) in [5.41, 5.74) is 2.18. The summed E-state index contributed by atoms with van der Waals surface area (Å²) in [6.07, 6.45) is 2.66. The van der Waals surface area contributed by atoms with Gasteiger partial charge in [-0.05, 0) is 39.1 Å². The van der Waals surface area contributed by atoms with Gasteiger partial charge in [-0.3, -0.25) is 4.90 Å². The molecule has 1 fully saturated rings. The van der Waals surface area contributed by atoms with Gasteiger partial charge in [-0.1, -0.05) is 12.1 Å². The van der Waals surface area contributed by atoms with Gasteiger partial charge >= 0.3 is 0 Å². The molecule has 1 aromatic heterocycles. The van der Waals surface area contributed by atoms with Gasteiger partial charge in [-0.2, -0.15) is 0 Å². The molecule has 2 aromatic rings. The van der Waals surface area contributed by atoms with Gasteiger partial charge in [0.1, 0.15) is 5.82 Å². The fourth-order valence-corrected chi connectivity index (χ4v) is 2.93. The van der Waals surface area contributed by atoms with Gasteiger partial charge in [-0.25, -0.2) is 4.98 Å². The van der Waals surface area contributed by atoms with Crippen molar-refractivity contribution in [2.45, 2.75) is 25.5 Å². The number of para-hydroxylation sites is 2. The SMILES string of the molecule is CN(C)CCOC1CCN(Cc2nc3ccccc3[nH]2)CC1. The maximum atomic E-state index is 5.95. The molecule has 3 rings (SSSR count). The molecule has 0 atom stereocenters. The molecule has 0 unspecified atom stereocenters. The molecule has 1 saturated heterocycles. The molecular formula is C17H26N4O. The van der Waals surface area contributed by atoms with E-state index in [9.17, 15) is 0 Å². The van der Waals surface area contributed by atoms with Crippen LogP contribution in [-0.2, 0) is 11.3 Å². The van der Waals surface area contributed by atoms with Crippen LogP contribution in [0.4, 0.5) is 0 Å². The Balaban J connectivity index is 1.45. The molecule has 2 heterocycles. The largest absolute Gasteiger partial charge is 0.377 e. The van der Waals surface area contributed by atoms with E-state index in [2.05, 4.69) is 46.0 Å². The van der Waals surface area contributed by atoms with Crippen molar-refractivity contribution in [3.05, 3.63) is 30.1 Å². The Labute approximate surface area is 132 Å². The van der Waals surface area contributed by atoms with Gasteiger partial charge in [0.15, 0.2) is 0 Å². The number of nitrogens with zero attached hydrogens (tertiary/aromatic N) is 3. The number of piperidine rings is 1. The molecule has 1 aliphatic rings. The molecule has 0 aliphatic carbocycles. The van der Waals surface area contributed by atoms with Crippen molar-refractivity contribution in [2.24, 2.45) is 0 Å². The van der Waals surface area contributed by atoms with E-state index in [1.807, 2.05) is 12.1 Å². The zero-order chi connectivity index (χ0) is 15.4. The molecule has 1 N–H and O–H groups in total. The first kappa shape index (κ1) is 15.5. The van der Waals surface area contributed by atoms with E-state index in [0.717, 1.165) is 62.5 Å².